The van der Waals surface area contributed by atoms with Gasteiger partial charge in [-0.3, -0.25) is 14.9 Å². The standard InChI is InChI=1S/C15H13F3N2O5/c1-24-13-5-4-10(7-12(13)20(22)23)14(21)19(9-15(16,17)18)8-11-3-2-6-25-11/h2-7H,8-9H2,1H3. The van der Waals surface area contributed by atoms with Gasteiger partial charge in [0.05, 0.1) is 24.8 Å². The van der Waals surface area contributed by atoms with Gasteiger partial charge in [-0.2, -0.15) is 13.2 Å². The summed E-state index contributed by atoms with van der Waals surface area (Å²) < 4.78 is 48.1. The Balaban J connectivity index is 2.35. The second kappa shape index (κ2) is 7.24. The summed E-state index contributed by atoms with van der Waals surface area (Å²) in [5.74, 6) is -0.963. The van der Waals surface area contributed by atoms with Gasteiger partial charge < -0.3 is 14.1 Å². The van der Waals surface area contributed by atoms with Gasteiger partial charge in [-0.25, -0.2) is 0 Å². The Bertz CT molecular complexity index is 759. The molecule has 1 amide bonds. The summed E-state index contributed by atoms with van der Waals surface area (Å²) in [7, 11) is 1.21. The van der Waals surface area contributed by atoms with Crippen molar-refractivity contribution in [3.63, 3.8) is 0 Å². The predicted octanol–water partition coefficient (Wildman–Crippen LogP) is 3.40. The number of methoxy groups -OCH3 is 1. The fraction of sp³-hybridized carbons (Fsp3) is 0.267. The Morgan fingerprint density at radius 3 is 2.60 bits per heavy atom. The average molecular weight is 358 g/mol. The van der Waals surface area contributed by atoms with Crippen LogP contribution in [-0.2, 0) is 6.54 Å². The highest BCUT2D eigenvalue weighted by atomic mass is 19.4. The third kappa shape index (κ3) is 4.72. The molecule has 2 aromatic rings. The largest absolute Gasteiger partial charge is 0.490 e. The third-order valence-electron chi connectivity index (χ3n) is 3.21. The number of nitrogens with zero attached hydrogens (tertiary/aromatic N) is 2. The minimum atomic E-state index is -4.64. The molecule has 0 atom stereocenters. The number of carbonyl (C=O) groups is 1. The van der Waals surface area contributed by atoms with Gasteiger partial charge in [0.2, 0.25) is 0 Å². The first-order valence-corrected chi connectivity index (χ1v) is 6.92. The molecule has 10 heteroatoms. The number of hydrogen-bond donors (Lipinski definition) is 0. The maximum absolute atomic E-state index is 12.8. The van der Waals surface area contributed by atoms with Crippen molar-refractivity contribution in [1.82, 2.24) is 4.90 Å². The van der Waals surface area contributed by atoms with Crippen molar-refractivity contribution >= 4 is 11.6 Å². The lowest BCUT2D eigenvalue weighted by molar-refractivity contribution is -0.385. The normalized spacial score (nSPS) is 11.2. The first-order valence-electron chi connectivity index (χ1n) is 6.92. The van der Waals surface area contributed by atoms with E-state index < -0.39 is 35.8 Å². The van der Waals surface area contributed by atoms with Crippen molar-refractivity contribution in [2.75, 3.05) is 13.7 Å². The molecular formula is C15H13F3N2O5. The van der Waals surface area contributed by atoms with E-state index in [4.69, 9.17) is 9.15 Å². The van der Waals surface area contributed by atoms with Gasteiger partial charge in [-0.1, -0.05) is 0 Å². The molecule has 2 rings (SSSR count). The molecule has 7 nitrogen and oxygen atoms in total. The Kier molecular flexibility index (Phi) is 5.30. The van der Waals surface area contributed by atoms with Gasteiger partial charge in [0.15, 0.2) is 5.75 Å². The summed E-state index contributed by atoms with van der Waals surface area (Å²) >= 11 is 0. The quantitative estimate of drug-likeness (QED) is 0.583. The van der Waals surface area contributed by atoms with E-state index in [2.05, 4.69) is 0 Å². The molecule has 0 saturated carbocycles. The lowest BCUT2D eigenvalue weighted by Gasteiger charge is -2.23. The smallest absolute Gasteiger partial charge is 0.406 e. The predicted molar refractivity (Wildman–Crippen MR) is 79.2 cm³/mol. The van der Waals surface area contributed by atoms with Crippen molar-refractivity contribution in [3.8, 4) is 5.75 Å². The van der Waals surface area contributed by atoms with E-state index in [9.17, 15) is 28.1 Å². The molecule has 0 saturated heterocycles. The number of hydrogen-bond acceptors (Lipinski definition) is 5. The van der Waals surface area contributed by atoms with Gasteiger partial charge >= 0.3 is 11.9 Å². The molecule has 0 aliphatic rings. The van der Waals surface area contributed by atoms with Crippen molar-refractivity contribution in [2.24, 2.45) is 0 Å². The molecule has 1 heterocycles. The highest BCUT2D eigenvalue weighted by Crippen LogP contribution is 2.29. The van der Waals surface area contributed by atoms with Crippen LogP contribution in [0, 0.1) is 10.1 Å². The van der Waals surface area contributed by atoms with Crippen LogP contribution < -0.4 is 4.74 Å². The Hall–Kier alpha value is -3.04. The fourth-order valence-electron chi connectivity index (χ4n) is 2.15. The van der Waals surface area contributed by atoms with E-state index >= 15 is 0 Å². The van der Waals surface area contributed by atoms with Crippen LogP contribution in [0.1, 0.15) is 16.1 Å². The third-order valence-corrected chi connectivity index (χ3v) is 3.21. The van der Waals surface area contributed by atoms with E-state index in [0.717, 1.165) is 12.1 Å². The van der Waals surface area contributed by atoms with Crippen molar-refractivity contribution in [2.45, 2.75) is 12.7 Å². The lowest BCUT2D eigenvalue weighted by atomic mass is 10.1. The number of halogens is 3. The van der Waals surface area contributed by atoms with E-state index in [0.29, 0.717) is 4.90 Å². The zero-order chi connectivity index (χ0) is 18.6. The van der Waals surface area contributed by atoms with E-state index in [1.54, 1.807) is 0 Å². The van der Waals surface area contributed by atoms with Gasteiger partial charge in [0, 0.05) is 11.6 Å². The summed E-state index contributed by atoms with van der Waals surface area (Å²) in [6.07, 6.45) is -3.37. The number of amides is 1. The maximum atomic E-state index is 12.8. The molecule has 0 radical (unpaired) electrons. The molecule has 1 aromatic carbocycles. The highest BCUT2D eigenvalue weighted by molar-refractivity contribution is 5.95. The number of carbonyl (C=O) groups excluding carboxylic acids is 1. The van der Waals surface area contributed by atoms with Crippen LogP contribution >= 0.6 is 0 Å². The summed E-state index contributed by atoms with van der Waals surface area (Å²) in [5, 5.41) is 11.0. The zero-order valence-electron chi connectivity index (χ0n) is 12.9. The monoisotopic (exact) mass is 358 g/mol. The molecule has 0 aliphatic carbocycles. The molecule has 0 spiro atoms. The summed E-state index contributed by atoms with van der Waals surface area (Å²) in [6, 6.07) is 6.10. The molecule has 1 aromatic heterocycles. The molecule has 0 unspecified atom stereocenters. The zero-order valence-corrected chi connectivity index (χ0v) is 12.9. The molecular weight excluding hydrogens is 345 g/mol. The van der Waals surface area contributed by atoms with Gasteiger partial charge in [0.1, 0.15) is 12.3 Å². The molecule has 25 heavy (non-hydrogen) atoms. The van der Waals surface area contributed by atoms with Crippen LogP contribution in [0.4, 0.5) is 18.9 Å². The van der Waals surface area contributed by atoms with Gasteiger partial charge in [0.25, 0.3) is 5.91 Å². The minimum absolute atomic E-state index is 0.102. The molecule has 0 N–H and O–H groups in total. The summed E-state index contributed by atoms with van der Waals surface area (Å²) in [5.41, 5.74) is -0.776. The van der Waals surface area contributed by atoms with Crippen LogP contribution in [0.15, 0.2) is 41.0 Å². The second-order valence-corrected chi connectivity index (χ2v) is 5.00. The number of nitro benzene ring substituents is 1. The van der Waals surface area contributed by atoms with Gasteiger partial charge in [-0.05, 0) is 24.3 Å². The SMILES string of the molecule is COc1ccc(C(=O)N(Cc2ccco2)CC(F)(F)F)cc1[N+](=O)[O-]. The van der Waals surface area contributed by atoms with Crippen LogP contribution in [0.3, 0.4) is 0 Å². The van der Waals surface area contributed by atoms with E-state index in [1.165, 1.54) is 31.6 Å². The van der Waals surface area contributed by atoms with E-state index in [1.807, 2.05) is 0 Å². The van der Waals surface area contributed by atoms with Crippen molar-refractivity contribution in [3.05, 3.63) is 58.0 Å². The van der Waals surface area contributed by atoms with Crippen LogP contribution in [0.2, 0.25) is 0 Å². The maximum Gasteiger partial charge on any atom is 0.406 e. The second-order valence-electron chi connectivity index (χ2n) is 5.00. The molecule has 0 aliphatic heterocycles. The number of furan rings is 1. The summed E-state index contributed by atoms with van der Waals surface area (Å²) in [4.78, 5) is 23.2. The van der Waals surface area contributed by atoms with Crippen molar-refractivity contribution in [1.29, 1.82) is 0 Å². The molecule has 0 fully saturated rings. The number of alkyl halides is 3. The van der Waals surface area contributed by atoms with Crippen LogP contribution in [-0.4, -0.2) is 35.6 Å². The number of rotatable bonds is 6. The van der Waals surface area contributed by atoms with Crippen LogP contribution in [0.5, 0.6) is 5.75 Å². The Morgan fingerprint density at radius 1 is 1.36 bits per heavy atom. The highest BCUT2D eigenvalue weighted by Gasteiger charge is 2.34. The average Bonchev–Trinajstić information content (AvgIpc) is 3.04. The topological polar surface area (TPSA) is 85.8 Å². The van der Waals surface area contributed by atoms with Crippen molar-refractivity contribution < 1.29 is 32.0 Å². The fourth-order valence-corrected chi connectivity index (χ4v) is 2.15. The Labute approximate surface area is 139 Å². The number of ether oxygens (including phenoxy) is 1. The van der Waals surface area contributed by atoms with Crippen LogP contribution in [0.25, 0.3) is 0 Å². The lowest BCUT2D eigenvalue weighted by Crippen LogP contribution is -2.38. The van der Waals surface area contributed by atoms with E-state index in [-0.39, 0.29) is 17.1 Å². The summed E-state index contributed by atoms with van der Waals surface area (Å²) in [6.45, 7) is -1.95. The minimum Gasteiger partial charge on any atom is -0.490 e. The first-order chi connectivity index (χ1) is 11.7. The molecule has 0 bridgehead atoms. The first kappa shape index (κ1) is 18.3. The molecule has 134 valence electrons. The number of benzene rings is 1. The van der Waals surface area contributed by atoms with Gasteiger partial charge in [-0.15, -0.1) is 0 Å². The number of nitro groups is 1. The Morgan fingerprint density at radius 2 is 2.08 bits per heavy atom.